The van der Waals surface area contributed by atoms with E-state index in [2.05, 4.69) is 15.9 Å². The van der Waals surface area contributed by atoms with Crippen molar-refractivity contribution in [2.24, 2.45) is 0 Å². The second kappa shape index (κ2) is 5.69. The zero-order chi connectivity index (χ0) is 10.8. The van der Waals surface area contributed by atoms with Crippen LogP contribution in [0.25, 0.3) is 0 Å². The molecule has 0 aromatic heterocycles. The predicted molar refractivity (Wildman–Crippen MR) is 62.4 cm³/mol. The molecule has 0 aliphatic rings. The van der Waals surface area contributed by atoms with Crippen molar-refractivity contribution in [3.63, 3.8) is 0 Å². The highest BCUT2D eigenvalue weighted by Crippen LogP contribution is 2.27. The molecular weight excluding hydrogens is 308 g/mol. The number of hydrogen-bond donors (Lipinski definition) is 1. The van der Waals surface area contributed by atoms with E-state index in [0.717, 1.165) is 0 Å². The molecule has 0 radical (unpaired) electrons. The minimum Gasteiger partial charge on any atom is -0.492 e. The molecule has 0 amide bonds. The second-order valence-electron chi connectivity index (χ2n) is 2.50. The molecule has 0 atom stereocenters. The third kappa shape index (κ3) is 3.98. The van der Waals surface area contributed by atoms with Crippen LogP contribution in [0.2, 0.25) is 0 Å². The Morgan fingerprint density at radius 2 is 2.07 bits per heavy atom. The maximum absolute atomic E-state index is 10.9. The van der Waals surface area contributed by atoms with Gasteiger partial charge in [0.1, 0.15) is 10.6 Å². The fraction of sp³-hybridized carbons (Fsp3) is 0.250. The average Bonchev–Trinajstić information content (AvgIpc) is 2.07. The van der Waals surface area contributed by atoms with Crippen LogP contribution in [0.5, 0.6) is 5.75 Å². The summed E-state index contributed by atoms with van der Waals surface area (Å²) in [4.78, 5) is -0.228. The minimum atomic E-state index is -4.23. The fourth-order valence-electron chi connectivity index (χ4n) is 0.958. The molecule has 0 saturated carbocycles. The van der Waals surface area contributed by atoms with E-state index in [0.29, 0.717) is 11.1 Å². The molecule has 1 aromatic rings. The Morgan fingerprint density at radius 1 is 1.47 bits per heavy atom. The van der Waals surface area contributed by atoms with Crippen LogP contribution in [0, 0.1) is 0 Å². The van der Waals surface area contributed by atoms with Crippen LogP contribution >= 0.6 is 28.3 Å². The molecule has 0 fully saturated rings. The number of ether oxygens (including phenoxy) is 1. The van der Waals surface area contributed by atoms with Gasteiger partial charge in [-0.2, -0.15) is 8.42 Å². The Bertz CT molecular complexity index is 432. The fourth-order valence-corrected chi connectivity index (χ4v) is 2.13. The Kier molecular flexibility index (Phi) is 5.58. The molecule has 0 heterocycles. The van der Waals surface area contributed by atoms with Crippen molar-refractivity contribution < 1.29 is 17.7 Å². The van der Waals surface area contributed by atoms with Crippen molar-refractivity contribution in [2.45, 2.75) is 11.8 Å². The van der Waals surface area contributed by atoms with E-state index < -0.39 is 10.1 Å². The summed E-state index contributed by atoms with van der Waals surface area (Å²) >= 11 is 3.11. The molecule has 15 heavy (non-hydrogen) atoms. The molecule has 0 unspecified atom stereocenters. The lowest BCUT2D eigenvalue weighted by Crippen LogP contribution is -2.03. The van der Waals surface area contributed by atoms with Crippen LogP contribution in [0.15, 0.2) is 27.6 Å². The van der Waals surface area contributed by atoms with Gasteiger partial charge in [0, 0.05) is 4.47 Å². The van der Waals surface area contributed by atoms with Crippen LogP contribution in [-0.2, 0) is 10.1 Å². The first kappa shape index (κ1) is 14.7. The number of hydrogen-bond acceptors (Lipinski definition) is 3. The van der Waals surface area contributed by atoms with Crippen LogP contribution < -0.4 is 4.74 Å². The maximum Gasteiger partial charge on any atom is 0.298 e. The summed E-state index contributed by atoms with van der Waals surface area (Å²) in [5.41, 5.74) is 0. The van der Waals surface area contributed by atoms with Gasteiger partial charge in [-0.15, -0.1) is 12.4 Å². The quantitative estimate of drug-likeness (QED) is 0.870. The molecule has 0 aliphatic carbocycles. The third-order valence-electron chi connectivity index (χ3n) is 1.48. The van der Waals surface area contributed by atoms with Crippen molar-refractivity contribution in [3.8, 4) is 5.75 Å². The Balaban J connectivity index is 0.00000196. The first-order chi connectivity index (χ1) is 6.45. The van der Waals surface area contributed by atoms with Crippen LogP contribution in [0.1, 0.15) is 6.92 Å². The van der Waals surface area contributed by atoms with E-state index in [1.165, 1.54) is 12.1 Å². The van der Waals surface area contributed by atoms with Gasteiger partial charge in [0.25, 0.3) is 10.1 Å². The van der Waals surface area contributed by atoms with Crippen LogP contribution in [0.4, 0.5) is 0 Å². The van der Waals surface area contributed by atoms with Gasteiger partial charge in [0.2, 0.25) is 0 Å². The monoisotopic (exact) mass is 316 g/mol. The lowest BCUT2D eigenvalue weighted by molar-refractivity contribution is 0.329. The van der Waals surface area contributed by atoms with Crippen molar-refractivity contribution in [3.05, 3.63) is 22.7 Å². The summed E-state index contributed by atoms with van der Waals surface area (Å²) in [6.45, 7) is 2.07. The highest BCUT2D eigenvalue weighted by atomic mass is 79.9. The average molecular weight is 318 g/mol. The lowest BCUT2D eigenvalue weighted by atomic mass is 10.3. The highest BCUT2D eigenvalue weighted by Gasteiger charge is 2.16. The van der Waals surface area contributed by atoms with Gasteiger partial charge in [-0.05, 0) is 25.1 Å². The first-order valence-corrected chi connectivity index (χ1v) is 6.08. The van der Waals surface area contributed by atoms with E-state index in [-0.39, 0.29) is 23.1 Å². The predicted octanol–water partition coefficient (Wildman–Crippen LogP) is 2.52. The zero-order valence-electron chi connectivity index (χ0n) is 7.81. The molecule has 0 aliphatic heterocycles. The van der Waals surface area contributed by atoms with E-state index >= 15 is 0 Å². The second-order valence-corrected chi connectivity index (χ2v) is 4.80. The van der Waals surface area contributed by atoms with Crippen molar-refractivity contribution in [2.75, 3.05) is 6.61 Å². The highest BCUT2D eigenvalue weighted by molar-refractivity contribution is 9.10. The minimum absolute atomic E-state index is 0. The molecular formula is C8H10BrClO4S. The van der Waals surface area contributed by atoms with Gasteiger partial charge in [-0.3, -0.25) is 4.55 Å². The lowest BCUT2D eigenvalue weighted by Gasteiger charge is -2.07. The van der Waals surface area contributed by atoms with Gasteiger partial charge in [-0.25, -0.2) is 0 Å². The molecule has 4 nitrogen and oxygen atoms in total. The summed E-state index contributed by atoms with van der Waals surface area (Å²) in [5, 5.41) is 0. The van der Waals surface area contributed by atoms with E-state index in [9.17, 15) is 8.42 Å². The van der Waals surface area contributed by atoms with Gasteiger partial charge in [0.05, 0.1) is 6.61 Å². The topological polar surface area (TPSA) is 63.6 Å². The maximum atomic E-state index is 10.9. The van der Waals surface area contributed by atoms with Crippen LogP contribution in [-0.4, -0.2) is 19.6 Å². The van der Waals surface area contributed by atoms with Crippen molar-refractivity contribution in [1.82, 2.24) is 0 Å². The largest absolute Gasteiger partial charge is 0.492 e. The summed E-state index contributed by atoms with van der Waals surface area (Å²) < 4.78 is 36.4. The zero-order valence-corrected chi connectivity index (χ0v) is 11.0. The van der Waals surface area contributed by atoms with Crippen molar-refractivity contribution >= 4 is 38.5 Å². The molecule has 1 rings (SSSR count). The molecule has 0 saturated heterocycles. The molecule has 1 aromatic carbocycles. The number of halogens is 2. The van der Waals surface area contributed by atoms with E-state index in [1.54, 1.807) is 13.0 Å². The van der Waals surface area contributed by atoms with Gasteiger partial charge >= 0.3 is 0 Å². The van der Waals surface area contributed by atoms with Gasteiger partial charge in [0.15, 0.2) is 0 Å². The van der Waals surface area contributed by atoms with Crippen LogP contribution in [0.3, 0.4) is 0 Å². The summed E-state index contributed by atoms with van der Waals surface area (Å²) in [6, 6.07) is 4.41. The SMILES string of the molecule is CCOc1ccc(Br)cc1S(=O)(=O)O.Cl. The standard InChI is InChI=1S/C8H9BrO4S.ClH/c1-2-13-7-4-3-6(9)5-8(7)14(10,11)12;/h3-5H,2H2,1H3,(H,10,11,12);1H. The smallest absolute Gasteiger partial charge is 0.298 e. The van der Waals surface area contributed by atoms with Gasteiger partial charge in [-0.1, -0.05) is 15.9 Å². The third-order valence-corrected chi connectivity index (χ3v) is 2.85. The van der Waals surface area contributed by atoms with Gasteiger partial charge < -0.3 is 4.74 Å². The number of rotatable bonds is 3. The Morgan fingerprint density at radius 3 is 2.53 bits per heavy atom. The summed E-state index contributed by atoms with van der Waals surface area (Å²) in [6.07, 6.45) is 0. The Hall–Kier alpha value is -0.300. The molecule has 1 N–H and O–H groups in total. The molecule has 86 valence electrons. The first-order valence-electron chi connectivity index (χ1n) is 3.85. The normalized spacial score (nSPS) is 10.6. The molecule has 7 heteroatoms. The van der Waals surface area contributed by atoms with E-state index in [1.807, 2.05) is 0 Å². The molecule has 0 bridgehead atoms. The summed E-state index contributed by atoms with van der Waals surface area (Å²) in [7, 11) is -4.23. The van der Waals surface area contributed by atoms with Crippen molar-refractivity contribution in [1.29, 1.82) is 0 Å². The number of benzene rings is 1. The summed E-state index contributed by atoms with van der Waals surface area (Å²) in [5.74, 6) is 0.151. The molecule has 0 spiro atoms. The Labute approximate surface area is 103 Å². The van der Waals surface area contributed by atoms with E-state index in [4.69, 9.17) is 9.29 Å².